The minimum atomic E-state index is -0.135. The summed E-state index contributed by atoms with van der Waals surface area (Å²) in [6.07, 6.45) is 0. The molecule has 8 nitrogen and oxygen atoms in total. The van der Waals surface area contributed by atoms with Crippen LogP contribution in [0.25, 0.3) is 0 Å². The number of fused-ring (bicyclic) bond motifs is 2. The molecule has 0 bridgehead atoms. The van der Waals surface area contributed by atoms with E-state index in [4.69, 9.17) is 19.2 Å². The Labute approximate surface area is 204 Å². The van der Waals surface area contributed by atoms with Gasteiger partial charge in [0.05, 0.1) is 19.8 Å². The SMILES string of the molecule is COc1cccc(NC(=O)N2CCN(C3=Nc4ccccc4Oc4ccc(OC)cc43)CC2C)c1. The molecule has 1 saturated heterocycles. The van der Waals surface area contributed by atoms with E-state index in [1.807, 2.05) is 72.5 Å². The Morgan fingerprint density at radius 3 is 2.57 bits per heavy atom. The highest BCUT2D eigenvalue weighted by Gasteiger charge is 2.32. The van der Waals surface area contributed by atoms with Crippen LogP contribution in [0.15, 0.2) is 71.7 Å². The number of nitrogens with one attached hydrogen (secondary N) is 1. The third-order valence-corrected chi connectivity index (χ3v) is 6.25. The quantitative estimate of drug-likeness (QED) is 0.572. The number of carbonyl (C=O) groups excluding carboxylic acids is 1. The number of rotatable bonds is 3. The molecule has 0 saturated carbocycles. The first-order valence-corrected chi connectivity index (χ1v) is 11.6. The molecule has 2 amide bonds. The van der Waals surface area contributed by atoms with Gasteiger partial charge in [0.2, 0.25) is 0 Å². The zero-order chi connectivity index (χ0) is 24.4. The van der Waals surface area contributed by atoms with Crippen LogP contribution < -0.4 is 19.5 Å². The van der Waals surface area contributed by atoms with Gasteiger partial charge in [0.15, 0.2) is 5.75 Å². The summed E-state index contributed by atoms with van der Waals surface area (Å²) in [5.41, 5.74) is 2.33. The van der Waals surface area contributed by atoms with Crippen LogP contribution in [0.4, 0.5) is 16.2 Å². The molecule has 2 aliphatic rings. The summed E-state index contributed by atoms with van der Waals surface area (Å²) in [6.45, 7) is 3.86. The maximum absolute atomic E-state index is 13.0. The van der Waals surface area contributed by atoms with Gasteiger partial charge in [-0.05, 0) is 49.4 Å². The van der Waals surface area contributed by atoms with Gasteiger partial charge in [-0.3, -0.25) is 0 Å². The number of piperazine rings is 1. The molecule has 0 aliphatic carbocycles. The third-order valence-electron chi connectivity index (χ3n) is 6.25. The van der Waals surface area contributed by atoms with Crippen molar-refractivity contribution >= 4 is 23.2 Å². The average Bonchev–Trinajstić information content (AvgIpc) is 3.05. The standard InChI is InChI=1S/C27H28N4O4/c1-18-17-30(13-14-31(18)27(32)28-19-7-6-8-20(15-19)33-2)26-22-16-21(34-3)11-12-24(22)35-25-10-5-4-9-23(25)29-26/h4-12,15-16,18H,13-14,17H2,1-3H3,(H,28,32). The second kappa shape index (κ2) is 9.58. The largest absolute Gasteiger partial charge is 0.497 e. The maximum atomic E-state index is 13.0. The van der Waals surface area contributed by atoms with Crippen molar-refractivity contribution in [3.05, 3.63) is 72.3 Å². The lowest BCUT2D eigenvalue weighted by Gasteiger charge is -2.41. The van der Waals surface area contributed by atoms with E-state index in [0.717, 1.165) is 28.6 Å². The fraction of sp³-hybridized carbons (Fsp3) is 0.259. The summed E-state index contributed by atoms with van der Waals surface area (Å²) in [5.74, 6) is 3.67. The predicted octanol–water partition coefficient (Wildman–Crippen LogP) is 5.13. The Kier molecular flexibility index (Phi) is 6.18. The molecule has 3 aromatic carbocycles. The maximum Gasteiger partial charge on any atom is 0.322 e. The highest BCUT2D eigenvalue weighted by atomic mass is 16.5. The molecule has 0 spiro atoms. The van der Waals surface area contributed by atoms with E-state index >= 15 is 0 Å². The van der Waals surface area contributed by atoms with Crippen LogP contribution in [-0.4, -0.2) is 61.6 Å². The van der Waals surface area contributed by atoms with E-state index in [2.05, 4.69) is 10.2 Å². The number of amides is 2. The van der Waals surface area contributed by atoms with Crippen LogP contribution in [0.1, 0.15) is 12.5 Å². The molecule has 1 unspecified atom stereocenters. The van der Waals surface area contributed by atoms with E-state index in [0.29, 0.717) is 36.8 Å². The molecule has 180 valence electrons. The smallest absolute Gasteiger partial charge is 0.322 e. The number of aliphatic imine (C=N–C) groups is 1. The number of anilines is 1. The van der Waals surface area contributed by atoms with Crippen LogP contribution >= 0.6 is 0 Å². The lowest BCUT2D eigenvalue weighted by molar-refractivity contribution is 0.145. The van der Waals surface area contributed by atoms with E-state index in [-0.39, 0.29) is 12.1 Å². The molecule has 35 heavy (non-hydrogen) atoms. The minimum absolute atomic E-state index is 0.0365. The Balaban J connectivity index is 1.39. The number of hydrogen-bond acceptors (Lipinski definition) is 6. The van der Waals surface area contributed by atoms with Gasteiger partial charge < -0.3 is 29.3 Å². The van der Waals surface area contributed by atoms with Crippen LogP contribution in [0.3, 0.4) is 0 Å². The lowest BCUT2D eigenvalue weighted by atomic mass is 10.1. The molecule has 5 rings (SSSR count). The van der Waals surface area contributed by atoms with Gasteiger partial charge in [-0.2, -0.15) is 0 Å². The molecule has 1 N–H and O–H groups in total. The van der Waals surface area contributed by atoms with Crippen molar-refractivity contribution in [2.24, 2.45) is 4.99 Å². The van der Waals surface area contributed by atoms with Crippen molar-refractivity contribution in [3.8, 4) is 23.0 Å². The minimum Gasteiger partial charge on any atom is -0.497 e. The van der Waals surface area contributed by atoms with Crippen LogP contribution in [-0.2, 0) is 0 Å². The second-order valence-electron chi connectivity index (χ2n) is 8.52. The summed E-state index contributed by atoms with van der Waals surface area (Å²) in [5, 5.41) is 2.99. The topological polar surface area (TPSA) is 75.6 Å². The normalized spacial score (nSPS) is 16.8. The number of ether oxygens (including phenoxy) is 3. The first-order valence-electron chi connectivity index (χ1n) is 11.6. The van der Waals surface area contributed by atoms with Crippen molar-refractivity contribution in [1.82, 2.24) is 9.80 Å². The van der Waals surface area contributed by atoms with Crippen LogP contribution in [0.2, 0.25) is 0 Å². The van der Waals surface area contributed by atoms with Gasteiger partial charge in [0.25, 0.3) is 0 Å². The van der Waals surface area contributed by atoms with Gasteiger partial charge >= 0.3 is 6.03 Å². The van der Waals surface area contributed by atoms with Gasteiger partial charge in [-0.25, -0.2) is 9.79 Å². The first kappa shape index (κ1) is 22.6. The molecule has 0 radical (unpaired) electrons. The number of hydrogen-bond donors (Lipinski definition) is 1. The van der Waals surface area contributed by atoms with E-state index in [1.54, 1.807) is 20.3 Å². The number of para-hydroxylation sites is 2. The molecular formula is C27H28N4O4. The van der Waals surface area contributed by atoms with Crippen molar-refractivity contribution in [1.29, 1.82) is 0 Å². The predicted molar refractivity (Wildman–Crippen MR) is 135 cm³/mol. The number of methoxy groups -OCH3 is 2. The molecule has 3 aromatic rings. The Bertz CT molecular complexity index is 1280. The molecule has 1 atom stereocenters. The summed E-state index contributed by atoms with van der Waals surface area (Å²) < 4.78 is 17.0. The van der Waals surface area contributed by atoms with Crippen molar-refractivity contribution in [2.45, 2.75) is 13.0 Å². The lowest BCUT2D eigenvalue weighted by Crippen LogP contribution is -2.56. The highest BCUT2D eigenvalue weighted by Crippen LogP contribution is 2.39. The molecule has 2 aliphatic heterocycles. The summed E-state index contributed by atoms with van der Waals surface area (Å²) >= 11 is 0. The molecular weight excluding hydrogens is 444 g/mol. The molecule has 0 aromatic heterocycles. The molecule has 1 fully saturated rings. The van der Waals surface area contributed by atoms with Gasteiger partial charge in [-0.1, -0.05) is 18.2 Å². The number of carbonyl (C=O) groups is 1. The second-order valence-corrected chi connectivity index (χ2v) is 8.52. The highest BCUT2D eigenvalue weighted by molar-refractivity contribution is 6.04. The summed E-state index contributed by atoms with van der Waals surface area (Å²) in [7, 11) is 3.25. The monoisotopic (exact) mass is 472 g/mol. The first-order chi connectivity index (χ1) is 17.1. The van der Waals surface area contributed by atoms with Gasteiger partial charge in [0.1, 0.15) is 28.8 Å². The Morgan fingerprint density at radius 1 is 0.971 bits per heavy atom. The zero-order valence-electron chi connectivity index (χ0n) is 20.0. The number of nitrogens with zero attached hydrogens (tertiary/aromatic N) is 3. The van der Waals surface area contributed by atoms with E-state index in [1.165, 1.54) is 0 Å². The number of amidine groups is 1. The Morgan fingerprint density at radius 2 is 1.77 bits per heavy atom. The average molecular weight is 473 g/mol. The molecule has 2 heterocycles. The number of benzene rings is 3. The Hall–Kier alpha value is -4.20. The summed E-state index contributed by atoms with van der Waals surface area (Å²) in [6, 6.07) is 20.7. The van der Waals surface area contributed by atoms with Crippen LogP contribution in [0.5, 0.6) is 23.0 Å². The third kappa shape index (κ3) is 4.59. The van der Waals surface area contributed by atoms with Crippen molar-refractivity contribution in [3.63, 3.8) is 0 Å². The fourth-order valence-electron chi connectivity index (χ4n) is 4.42. The summed E-state index contributed by atoms with van der Waals surface area (Å²) in [4.78, 5) is 22.1. The van der Waals surface area contributed by atoms with Gasteiger partial charge in [-0.15, -0.1) is 0 Å². The van der Waals surface area contributed by atoms with Gasteiger partial charge in [0, 0.05) is 37.4 Å². The van der Waals surface area contributed by atoms with Crippen molar-refractivity contribution < 1.29 is 19.0 Å². The van der Waals surface area contributed by atoms with E-state index in [9.17, 15) is 4.79 Å². The van der Waals surface area contributed by atoms with E-state index < -0.39 is 0 Å². The molecule has 8 heteroatoms. The fourth-order valence-corrected chi connectivity index (χ4v) is 4.42. The van der Waals surface area contributed by atoms with Crippen LogP contribution in [0, 0.1) is 0 Å². The van der Waals surface area contributed by atoms with Crippen molar-refractivity contribution in [2.75, 3.05) is 39.2 Å². The number of urea groups is 1. The zero-order valence-corrected chi connectivity index (χ0v) is 20.0.